The number of rotatable bonds is 1. The molecule has 96 valence electrons. The number of amides is 1. The van der Waals surface area contributed by atoms with E-state index >= 15 is 0 Å². The molecule has 2 rings (SSSR count). The highest BCUT2D eigenvalue weighted by molar-refractivity contribution is 5.80. The summed E-state index contributed by atoms with van der Waals surface area (Å²) >= 11 is 0. The molecule has 1 aliphatic heterocycles. The molecule has 2 N–H and O–H groups in total. The van der Waals surface area contributed by atoms with Gasteiger partial charge in [0.2, 0.25) is 5.91 Å². The summed E-state index contributed by atoms with van der Waals surface area (Å²) in [5.74, 6) is 0.371. The van der Waals surface area contributed by atoms with Gasteiger partial charge in [-0.05, 0) is 26.2 Å². The van der Waals surface area contributed by atoms with E-state index in [0.29, 0.717) is 5.91 Å². The van der Waals surface area contributed by atoms with Crippen molar-refractivity contribution in [3.63, 3.8) is 0 Å². The second-order valence-electron chi connectivity index (χ2n) is 5.51. The number of carbonyl (C=O) groups is 1. The molecule has 1 fully saturated rings. The van der Waals surface area contributed by atoms with Crippen molar-refractivity contribution < 1.29 is 4.79 Å². The zero-order valence-corrected chi connectivity index (χ0v) is 10.8. The van der Waals surface area contributed by atoms with Crippen molar-refractivity contribution in [2.24, 2.45) is 11.7 Å². The SMILES string of the molecule is CC1=CCCN(C(=O)C2CCCCCC2N)C1. The first-order valence-electron chi connectivity index (χ1n) is 6.88. The van der Waals surface area contributed by atoms with Gasteiger partial charge in [0.15, 0.2) is 0 Å². The third-order valence-electron chi connectivity index (χ3n) is 4.03. The number of hydrogen-bond donors (Lipinski definition) is 1. The van der Waals surface area contributed by atoms with Crippen LogP contribution >= 0.6 is 0 Å². The van der Waals surface area contributed by atoms with E-state index in [0.717, 1.165) is 38.8 Å². The molecule has 1 saturated carbocycles. The fourth-order valence-electron chi connectivity index (χ4n) is 2.98. The van der Waals surface area contributed by atoms with Gasteiger partial charge in [-0.1, -0.05) is 30.9 Å². The Balaban J connectivity index is 2.00. The van der Waals surface area contributed by atoms with Crippen LogP contribution in [-0.4, -0.2) is 29.9 Å². The summed E-state index contributed by atoms with van der Waals surface area (Å²) in [4.78, 5) is 14.5. The maximum absolute atomic E-state index is 12.5. The van der Waals surface area contributed by atoms with E-state index in [1.54, 1.807) is 0 Å². The average Bonchev–Trinajstić information content (AvgIpc) is 2.53. The van der Waals surface area contributed by atoms with Gasteiger partial charge in [-0.25, -0.2) is 0 Å². The Bertz CT molecular complexity index is 311. The lowest BCUT2D eigenvalue weighted by atomic mass is 9.93. The van der Waals surface area contributed by atoms with E-state index in [-0.39, 0.29) is 12.0 Å². The zero-order chi connectivity index (χ0) is 12.3. The smallest absolute Gasteiger partial charge is 0.227 e. The molecule has 3 nitrogen and oxygen atoms in total. The van der Waals surface area contributed by atoms with Crippen LogP contribution in [0.5, 0.6) is 0 Å². The van der Waals surface area contributed by atoms with Crippen molar-refractivity contribution in [2.75, 3.05) is 13.1 Å². The number of carbonyl (C=O) groups excluding carboxylic acids is 1. The molecule has 1 amide bonds. The highest BCUT2D eigenvalue weighted by atomic mass is 16.2. The quantitative estimate of drug-likeness (QED) is 0.559. The fourth-order valence-corrected chi connectivity index (χ4v) is 2.98. The third-order valence-corrected chi connectivity index (χ3v) is 4.03. The van der Waals surface area contributed by atoms with E-state index in [1.807, 2.05) is 4.90 Å². The van der Waals surface area contributed by atoms with Crippen molar-refractivity contribution in [2.45, 2.75) is 51.5 Å². The average molecular weight is 236 g/mol. The van der Waals surface area contributed by atoms with Gasteiger partial charge in [-0.3, -0.25) is 4.79 Å². The molecule has 0 aromatic rings. The molecule has 0 bridgehead atoms. The van der Waals surface area contributed by atoms with E-state index in [2.05, 4.69) is 13.0 Å². The standard InChI is InChI=1S/C14H24N2O/c1-11-6-5-9-16(10-11)14(17)12-7-3-2-4-8-13(12)15/h6,12-13H,2-5,7-10,15H2,1H3. The molecule has 3 heteroatoms. The summed E-state index contributed by atoms with van der Waals surface area (Å²) in [7, 11) is 0. The van der Waals surface area contributed by atoms with Crippen LogP contribution in [-0.2, 0) is 4.79 Å². The number of hydrogen-bond acceptors (Lipinski definition) is 2. The molecule has 0 radical (unpaired) electrons. The van der Waals surface area contributed by atoms with Gasteiger partial charge in [0, 0.05) is 19.1 Å². The van der Waals surface area contributed by atoms with Gasteiger partial charge >= 0.3 is 0 Å². The molecular weight excluding hydrogens is 212 g/mol. The van der Waals surface area contributed by atoms with Crippen LogP contribution in [0.4, 0.5) is 0 Å². The molecule has 2 aliphatic rings. The van der Waals surface area contributed by atoms with Gasteiger partial charge in [0.25, 0.3) is 0 Å². The molecular formula is C14H24N2O. The topological polar surface area (TPSA) is 46.3 Å². The molecule has 0 saturated heterocycles. The summed E-state index contributed by atoms with van der Waals surface area (Å²) in [6.45, 7) is 3.79. The molecule has 17 heavy (non-hydrogen) atoms. The summed E-state index contributed by atoms with van der Waals surface area (Å²) in [5.41, 5.74) is 7.47. The van der Waals surface area contributed by atoms with Crippen molar-refractivity contribution in [3.05, 3.63) is 11.6 Å². The largest absolute Gasteiger partial charge is 0.338 e. The minimum absolute atomic E-state index is 0.0726. The lowest BCUT2D eigenvalue weighted by Gasteiger charge is -2.31. The van der Waals surface area contributed by atoms with Crippen LogP contribution in [0.1, 0.15) is 45.4 Å². The molecule has 2 unspecified atom stereocenters. The van der Waals surface area contributed by atoms with Crippen LogP contribution < -0.4 is 5.73 Å². The Labute approximate surface area is 104 Å². The van der Waals surface area contributed by atoms with Crippen LogP contribution in [0, 0.1) is 5.92 Å². The van der Waals surface area contributed by atoms with Gasteiger partial charge in [0.05, 0.1) is 5.92 Å². The van der Waals surface area contributed by atoms with E-state index in [9.17, 15) is 4.79 Å². The molecule has 1 heterocycles. The monoisotopic (exact) mass is 236 g/mol. The van der Waals surface area contributed by atoms with Crippen LogP contribution in [0.3, 0.4) is 0 Å². The fraction of sp³-hybridized carbons (Fsp3) is 0.786. The Morgan fingerprint density at radius 1 is 1.35 bits per heavy atom. The van der Waals surface area contributed by atoms with E-state index < -0.39 is 0 Å². The second kappa shape index (κ2) is 5.67. The van der Waals surface area contributed by atoms with E-state index in [1.165, 1.54) is 18.4 Å². The minimum Gasteiger partial charge on any atom is -0.338 e. The maximum atomic E-state index is 12.5. The summed E-state index contributed by atoms with van der Waals surface area (Å²) in [6.07, 6.45) is 8.81. The Kier molecular flexibility index (Phi) is 4.21. The third kappa shape index (κ3) is 3.09. The Hall–Kier alpha value is -0.830. The highest BCUT2D eigenvalue weighted by Crippen LogP contribution is 2.25. The van der Waals surface area contributed by atoms with Crippen LogP contribution in [0.2, 0.25) is 0 Å². The lowest BCUT2D eigenvalue weighted by Crippen LogP contribution is -2.45. The molecule has 0 aromatic carbocycles. The predicted octanol–water partition coefficient (Wildman–Crippen LogP) is 2.07. The van der Waals surface area contributed by atoms with Crippen molar-refractivity contribution in [1.29, 1.82) is 0 Å². The summed E-state index contributed by atoms with van der Waals surface area (Å²) < 4.78 is 0. The first-order valence-corrected chi connectivity index (χ1v) is 6.88. The normalized spacial score (nSPS) is 30.7. The van der Waals surface area contributed by atoms with Crippen molar-refractivity contribution >= 4 is 5.91 Å². The molecule has 0 spiro atoms. The first kappa shape index (κ1) is 12.6. The number of nitrogens with two attached hydrogens (primary N) is 1. The number of nitrogens with zero attached hydrogens (tertiary/aromatic N) is 1. The van der Waals surface area contributed by atoms with E-state index in [4.69, 9.17) is 5.73 Å². The Morgan fingerprint density at radius 2 is 2.12 bits per heavy atom. The van der Waals surface area contributed by atoms with Crippen molar-refractivity contribution in [1.82, 2.24) is 4.90 Å². The first-order chi connectivity index (χ1) is 8.18. The van der Waals surface area contributed by atoms with Crippen LogP contribution in [0.15, 0.2) is 11.6 Å². The van der Waals surface area contributed by atoms with Gasteiger partial charge in [-0.15, -0.1) is 0 Å². The van der Waals surface area contributed by atoms with Gasteiger partial charge < -0.3 is 10.6 Å². The predicted molar refractivity (Wildman–Crippen MR) is 69.5 cm³/mol. The molecule has 0 aromatic heterocycles. The van der Waals surface area contributed by atoms with Gasteiger partial charge in [0.1, 0.15) is 0 Å². The lowest BCUT2D eigenvalue weighted by molar-refractivity contribution is -0.136. The summed E-state index contributed by atoms with van der Waals surface area (Å²) in [6, 6.07) is 0.0798. The highest BCUT2D eigenvalue weighted by Gasteiger charge is 2.30. The summed E-state index contributed by atoms with van der Waals surface area (Å²) in [5, 5.41) is 0. The van der Waals surface area contributed by atoms with Crippen LogP contribution in [0.25, 0.3) is 0 Å². The minimum atomic E-state index is 0.0726. The molecule has 2 atom stereocenters. The van der Waals surface area contributed by atoms with Gasteiger partial charge in [-0.2, -0.15) is 0 Å². The van der Waals surface area contributed by atoms with Crippen molar-refractivity contribution in [3.8, 4) is 0 Å². The zero-order valence-electron chi connectivity index (χ0n) is 10.8. The maximum Gasteiger partial charge on any atom is 0.227 e. The molecule has 1 aliphatic carbocycles. The second-order valence-corrected chi connectivity index (χ2v) is 5.51. The Morgan fingerprint density at radius 3 is 2.88 bits per heavy atom.